The summed E-state index contributed by atoms with van der Waals surface area (Å²) >= 11 is 12.0. The Morgan fingerprint density at radius 2 is 1.95 bits per heavy atom. The first-order chi connectivity index (χ1) is 9.95. The summed E-state index contributed by atoms with van der Waals surface area (Å²) in [5, 5.41) is 8.64. The monoisotopic (exact) mass is 325 g/mol. The van der Waals surface area contributed by atoms with Crippen LogP contribution in [0.2, 0.25) is 10.0 Å². The number of aromatic nitrogens is 2. The van der Waals surface area contributed by atoms with Gasteiger partial charge in [-0.1, -0.05) is 42.2 Å². The van der Waals surface area contributed by atoms with Crippen LogP contribution >= 0.6 is 23.2 Å². The normalized spacial score (nSPS) is 21.4. The Kier molecular flexibility index (Phi) is 3.95. The smallest absolute Gasteiger partial charge is 0.244 e. The fraction of sp³-hybridized carbons (Fsp3) is 0.467. The molecule has 0 bridgehead atoms. The minimum atomic E-state index is 0.0714. The van der Waals surface area contributed by atoms with Gasteiger partial charge in [-0.25, -0.2) is 0 Å². The molecule has 21 heavy (non-hydrogen) atoms. The molecule has 112 valence electrons. The van der Waals surface area contributed by atoms with E-state index in [1.807, 2.05) is 0 Å². The molecule has 0 aliphatic carbocycles. The molecule has 4 nitrogen and oxygen atoms in total. The number of nitrogens with one attached hydrogen (secondary N) is 1. The van der Waals surface area contributed by atoms with E-state index < -0.39 is 0 Å². The maximum absolute atomic E-state index is 6.02. The van der Waals surface area contributed by atoms with Gasteiger partial charge in [0, 0.05) is 15.6 Å². The van der Waals surface area contributed by atoms with Crippen LogP contribution < -0.4 is 5.32 Å². The van der Waals surface area contributed by atoms with Crippen molar-refractivity contribution in [2.75, 3.05) is 6.54 Å². The average Bonchev–Trinajstić information content (AvgIpc) is 2.86. The van der Waals surface area contributed by atoms with Crippen molar-refractivity contribution in [1.82, 2.24) is 15.5 Å². The Morgan fingerprint density at radius 1 is 1.24 bits per heavy atom. The second kappa shape index (κ2) is 5.59. The average molecular weight is 326 g/mol. The molecule has 1 aliphatic rings. The summed E-state index contributed by atoms with van der Waals surface area (Å²) in [6.45, 7) is 5.39. The van der Waals surface area contributed by atoms with E-state index in [2.05, 4.69) is 29.3 Å². The van der Waals surface area contributed by atoms with Crippen LogP contribution in [-0.4, -0.2) is 16.7 Å². The number of nitrogens with zero attached hydrogens (tertiary/aromatic N) is 2. The molecule has 1 unspecified atom stereocenters. The predicted molar refractivity (Wildman–Crippen MR) is 83.5 cm³/mol. The lowest BCUT2D eigenvalue weighted by Crippen LogP contribution is -2.39. The standard InChI is InChI=1S/C15H17Cl2N3O/c1-15(2)4-3-5-18-12(15)14-19-13(20-21-14)9-6-10(16)8-11(17)7-9/h6-8,12,18H,3-5H2,1-2H3. The van der Waals surface area contributed by atoms with Gasteiger partial charge in [0.25, 0.3) is 0 Å². The topological polar surface area (TPSA) is 51.0 Å². The maximum Gasteiger partial charge on any atom is 0.244 e. The number of halogens is 2. The largest absolute Gasteiger partial charge is 0.337 e. The van der Waals surface area contributed by atoms with Gasteiger partial charge in [0.2, 0.25) is 11.7 Å². The molecule has 1 N–H and O–H groups in total. The minimum Gasteiger partial charge on any atom is -0.337 e. The van der Waals surface area contributed by atoms with Gasteiger partial charge in [-0.15, -0.1) is 0 Å². The van der Waals surface area contributed by atoms with Gasteiger partial charge >= 0.3 is 0 Å². The number of rotatable bonds is 2. The van der Waals surface area contributed by atoms with Crippen LogP contribution in [0.25, 0.3) is 11.4 Å². The van der Waals surface area contributed by atoms with E-state index >= 15 is 0 Å². The molecule has 6 heteroatoms. The summed E-state index contributed by atoms with van der Waals surface area (Å²) in [4.78, 5) is 4.52. The highest BCUT2D eigenvalue weighted by atomic mass is 35.5. The van der Waals surface area contributed by atoms with Crippen LogP contribution in [-0.2, 0) is 0 Å². The zero-order chi connectivity index (χ0) is 15.0. The molecular weight excluding hydrogens is 309 g/mol. The molecule has 1 atom stereocenters. The van der Waals surface area contributed by atoms with Crippen molar-refractivity contribution in [3.8, 4) is 11.4 Å². The number of benzene rings is 1. The van der Waals surface area contributed by atoms with E-state index in [1.54, 1.807) is 18.2 Å². The van der Waals surface area contributed by atoms with Gasteiger partial charge < -0.3 is 9.84 Å². The summed E-state index contributed by atoms with van der Waals surface area (Å²) in [6, 6.07) is 5.31. The lowest BCUT2D eigenvalue weighted by atomic mass is 9.77. The molecule has 2 aromatic rings. The molecular formula is C15H17Cl2N3O. The van der Waals surface area contributed by atoms with Crippen LogP contribution in [0.4, 0.5) is 0 Å². The van der Waals surface area contributed by atoms with Crippen molar-refractivity contribution in [3.63, 3.8) is 0 Å². The molecule has 0 saturated carbocycles. The number of hydrogen-bond acceptors (Lipinski definition) is 4. The van der Waals surface area contributed by atoms with Crippen molar-refractivity contribution in [2.45, 2.75) is 32.7 Å². The van der Waals surface area contributed by atoms with Gasteiger partial charge in [-0.2, -0.15) is 4.98 Å². The molecule has 0 amide bonds. The SMILES string of the molecule is CC1(C)CCCNC1c1nc(-c2cc(Cl)cc(Cl)c2)no1. The highest BCUT2D eigenvalue weighted by molar-refractivity contribution is 6.35. The lowest BCUT2D eigenvalue weighted by molar-refractivity contribution is 0.146. The zero-order valence-electron chi connectivity index (χ0n) is 12.0. The Labute approximate surface area is 133 Å². The third-order valence-corrected chi connectivity index (χ3v) is 4.37. The number of hydrogen-bond donors (Lipinski definition) is 1. The van der Waals surface area contributed by atoms with E-state index in [1.165, 1.54) is 0 Å². The van der Waals surface area contributed by atoms with Crippen LogP contribution in [0.5, 0.6) is 0 Å². The van der Waals surface area contributed by atoms with Crippen molar-refractivity contribution < 1.29 is 4.52 Å². The Balaban J connectivity index is 1.92. The highest BCUT2D eigenvalue weighted by Gasteiger charge is 2.37. The molecule has 1 aromatic carbocycles. The Hall–Kier alpha value is -1.10. The van der Waals surface area contributed by atoms with Crippen LogP contribution in [0.1, 0.15) is 38.6 Å². The Bertz CT molecular complexity index is 634. The van der Waals surface area contributed by atoms with Gasteiger partial charge in [-0.05, 0) is 43.0 Å². The molecule has 3 rings (SSSR count). The minimum absolute atomic E-state index is 0.0714. The van der Waals surface area contributed by atoms with Crippen LogP contribution in [0.15, 0.2) is 22.7 Å². The highest BCUT2D eigenvalue weighted by Crippen LogP contribution is 2.39. The third kappa shape index (κ3) is 3.07. The number of piperidine rings is 1. The molecule has 1 aromatic heterocycles. The predicted octanol–water partition coefficient (Wildman–Crippen LogP) is 4.49. The fourth-order valence-corrected chi connectivity index (χ4v) is 3.31. The van der Waals surface area contributed by atoms with E-state index in [4.69, 9.17) is 27.7 Å². The van der Waals surface area contributed by atoms with Crippen molar-refractivity contribution in [1.29, 1.82) is 0 Å². The summed E-state index contributed by atoms with van der Waals surface area (Å²) in [5.41, 5.74) is 0.852. The summed E-state index contributed by atoms with van der Waals surface area (Å²) in [7, 11) is 0. The molecule has 1 fully saturated rings. The van der Waals surface area contributed by atoms with Gasteiger partial charge in [0.1, 0.15) is 0 Å². The second-order valence-electron chi connectivity index (χ2n) is 6.09. The quantitative estimate of drug-likeness (QED) is 0.883. The lowest BCUT2D eigenvalue weighted by Gasteiger charge is -2.36. The maximum atomic E-state index is 6.02. The molecule has 2 heterocycles. The Morgan fingerprint density at radius 3 is 2.62 bits per heavy atom. The van der Waals surface area contributed by atoms with E-state index in [9.17, 15) is 0 Å². The second-order valence-corrected chi connectivity index (χ2v) is 6.97. The summed E-state index contributed by atoms with van der Waals surface area (Å²) < 4.78 is 5.46. The van der Waals surface area contributed by atoms with Crippen molar-refractivity contribution in [2.24, 2.45) is 5.41 Å². The summed E-state index contributed by atoms with van der Waals surface area (Å²) in [6.07, 6.45) is 2.29. The first-order valence-corrected chi connectivity index (χ1v) is 7.75. The first kappa shape index (κ1) is 14.8. The molecule has 0 spiro atoms. The van der Waals surface area contributed by atoms with Gasteiger partial charge in [0.15, 0.2) is 0 Å². The molecule has 1 saturated heterocycles. The van der Waals surface area contributed by atoms with E-state index in [0.717, 1.165) is 24.9 Å². The van der Waals surface area contributed by atoms with E-state index in [-0.39, 0.29) is 11.5 Å². The van der Waals surface area contributed by atoms with Gasteiger partial charge in [0.05, 0.1) is 6.04 Å². The molecule has 0 radical (unpaired) electrons. The van der Waals surface area contributed by atoms with Crippen molar-refractivity contribution >= 4 is 23.2 Å². The molecule has 1 aliphatic heterocycles. The first-order valence-electron chi connectivity index (χ1n) is 6.99. The van der Waals surface area contributed by atoms with Crippen LogP contribution in [0, 0.1) is 5.41 Å². The van der Waals surface area contributed by atoms with Gasteiger partial charge in [-0.3, -0.25) is 0 Å². The van der Waals surface area contributed by atoms with E-state index in [0.29, 0.717) is 21.8 Å². The van der Waals surface area contributed by atoms with Crippen molar-refractivity contribution in [3.05, 3.63) is 34.1 Å². The summed E-state index contributed by atoms with van der Waals surface area (Å²) in [5.74, 6) is 1.13. The fourth-order valence-electron chi connectivity index (χ4n) is 2.79. The zero-order valence-corrected chi connectivity index (χ0v) is 13.5. The third-order valence-electron chi connectivity index (χ3n) is 3.94. The van der Waals surface area contributed by atoms with Crippen LogP contribution in [0.3, 0.4) is 0 Å².